The average Bonchev–Trinajstić information content (AvgIpc) is 2.87. The van der Waals surface area contributed by atoms with Crippen molar-refractivity contribution >= 4 is 12.4 Å². The Hall–Kier alpha value is -1.52. The number of ether oxygens (including phenoxy) is 1. The molecule has 4 nitrogen and oxygen atoms in total. The average molecular weight is 282 g/mol. The van der Waals surface area contributed by atoms with E-state index < -0.39 is 0 Å². The molecule has 5 heteroatoms. The Morgan fingerprint density at radius 1 is 1.16 bits per heavy atom. The molecule has 0 saturated carbocycles. The van der Waals surface area contributed by atoms with E-state index >= 15 is 0 Å². The summed E-state index contributed by atoms with van der Waals surface area (Å²) in [6.45, 7) is 4.69. The quantitative estimate of drug-likeness (QED) is 0.885. The molecule has 19 heavy (non-hydrogen) atoms. The Bertz CT molecular complexity index is 482. The van der Waals surface area contributed by atoms with Gasteiger partial charge in [0.25, 0.3) is 0 Å². The highest BCUT2D eigenvalue weighted by Gasteiger charge is 2.00. The molecular formula is C14H20ClN3O. The van der Waals surface area contributed by atoms with E-state index in [2.05, 4.69) is 29.5 Å². The summed E-state index contributed by atoms with van der Waals surface area (Å²) < 4.78 is 7.13. The molecule has 0 fully saturated rings. The second-order valence-corrected chi connectivity index (χ2v) is 4.09. The van der Waals surface area contributed by atoms with Gasteiger partial charge in [-0.2, -0.15) is 5.10 Å². The SMILES string of the molecule is CCn1nccc1CNCc1ccc(OC)cc1.Cl. The Morgan fingerprint density at radius 2 is 1.89 bits per heavy atom. The summed E-state index contributed by atoms with van der Waals surface area (Å²) >= 11 is 0. The minimum atomic E-state index is 0. The zero-order valence-corrected chi connectivity index (χ0v) is 12.1. The Labute approximate surface area is 120 Å². The smallest absolute Gasteiger partial charge is 0.118 e. The molecule has 1 heterocycles. The molecule has 1 aromatic heterocycles. The molecule has 0 amide bonds. The van der Waals surface area contributed by atoms with Crippen molar-refractivity contribution in [3.63, 3.8) is 0 Å². The summed E-state index contributed by atoms with van der Waals surface area (Å²) in [6, 6.07) is 10.1. The second-order valence-electron chi connectivity index (χ2n) is 4.09. The Balaban J connectivity index is 0.00000180. The van der Waals surface area contributed by atoms with Gasteiger partial charge in [-0.1, -0.05) is 12.1 Å². The summed E-state index contributed by atoms with van der Waals surface area (Å²) in [5.41, 5.74) is 2.46. The Morgan fingerprint density at radius 3 is 2.53 bits per heavy atom. The summed E-state index contributed by atoms with van der Waals surface area (Å²) in [6.07, 6.45) is 1.84. The molecule has 0 aliphatic rings. The van der Waals surface area contributed by atoms with Crippen LogP contribution in [0.2, 0.25) is 0 Å². The number of hydrogen-bond donors (Lipinski definition) is 1. The lowest BCUT2D eigenvalue weighted by molar-refractivity contribution is 0.414. The fourth-order valence-electron chi connectivity index (χ4n) is 1.87. The first-order valence-corrected chi connectivity index (χ1v) is 6.18. The minimum absolute atomic E-state index is 0. The molecular weight excluding hydrogens is 262 g/mol. The van der Waals surface area contributed by atoms with Crippen LogP contribution in [-0.2, 0) is 19.6 Å². The van der Waals surface area contributed by atoms with Crippen LogP contribution in [0.4, 0.5) is 0 Å². The maximum Gasteiger partial charge on any atom is 0.118 e. The van der Waals surface area contributed by atoms with Crippen molar-refractivity contribution in [3.8, 4) is 5.75 Å². The summed E-state index contributed by atoms with van der Waals surface area (Å²) in [4.78, 5) is 0. The molecule has 1 aromatic carbocycles. The third-order valence-electron chi connectivity index (χ3n) is 2.90. The van der Waals surface area contributed by atoms with Crippen molar-refractivity contribution in [1.29, 1.82) is 0 Å². The lowest BCUT2D eigenvalue weighted by atomic mass is 10.2. The summed E-state index contributed by atoms with van der Waals surface area (Å²) in [7, 11) is 1.68. The van der Waals surface area contributed by atoms with Crippen molar-refractivity contribution in [2.75, 3.05) is 7.11 Å². The van der Waals surface area contributed by atoms with Gasteiger partial charge in [0, 0.05) is 25.8 Å². The normalized spacial score (nSPS) is 10.0. The van der Waals surface area contributed by atoms with Gasteiger partial charge < -0.3 is 10.1 Å². The fourth-order valence-corrected chi connectivity index (χ4v) is 1.87. The molecule has 0 aliphatic heterocycles. The van der Waals surface area contributed by atoms with E-state index in [0.717, 1.165) is 25.4 Å². The van der Waals surface area contributed by atoms with Crippen molar-refractivity contribution < 1.29 is 4.74 Å². The summed E-state index contributed by atoms with van der Waals surface area (Å²) in [5, 5.41) is 7.66. The highest BCUT2D eigenvalue weighted by Crippen LogP contribution is 2.11. The molecule has 0 bridgehead atoms. The number of rotatable bonds is 6. The zero-order valence-electron chi connectivity index (χ0n) is 11.3. The van der Waals surface area contributed by atoms with Gasteiger partial charge in [-0.05, 0) is 30.7 Å². The first-order chi connectivity index (χ1) is 8.83. The standard InChI is InChI=1S/C14H19N3O.ClH/c1-3-17-13(8-9-16-17)11-15-10-12-4-6-14(18-2)7-5-12;/h4-9,15H,3,10-11H2,1-2H3;1H. The van der Waals surface area contributed by atoms with Crippen molar-refractivity contribution in [2.24, 2.45) is 0 Å². The lowest BCUT2D eigenvalue weighted by Gasteiger charge is -2.07. The molecule has 104 valence electrons. The van der Waals surface area contributed by atoms with Crippen LogP contribution in [-0.4, -0.2) is 16.9 Å². The van der Waals surface area contributed by atoms with E-state index in [1.807, 2.05) is 29.1 Å². The third kappa shape index (κ3) is 4.26. The highest BCUT2D eigenvalue weighted by atomic mass is 35.5. The van der Waals surface area contributed by atoms with Gasteiger partial charge in [0.1, 0.15) is 5.75 Å². The zero-order chi connectivity index (χ0) is 12.8. The van der Waals surface area contributed by atoms with E-state index in [1.165, 1.54) is 11.3 Å². The number of methoxy groups -OCH3 is 1. The predicted octanol–water partition coefficient (Wildman–Crippen LogP) is 2.62. The van der Waals surface area contributed by atoms with Gasteiger partial charge in [-0.25, -0.2) is 0 Å². The maximum absolute atomic E-state index is 5.13. The number of nitrogens with zero attached hydrogens (tertiary/aromatic N) is 2. The van der Waals surface area contributed by atoms with Crippen molar-refractivity contribution in [2.45, 2.75) is 26.6 Å². The van der Waals surface area contributed by atoms with Crippen LogP contribution in [0.1, 0.15) is 18.2 Å². The monoisotopic (exact) mass is 281 g/mol. The molecule has 0 unspecified atom stereocenters. The molecule has 0 atom stereocenters. The van der Waals surface area contributed by atoms with Crippen molar-refractivity contribution in [1.82, 2.24) is 15.1 Å². The second kappa shape index (κ2) is 7.81. The molecule has 2 rings (SSSR count). The molecule has 0 spiro atoms. The largest absolute Gasteiger partial charge is 0.497 e. The summed E-state index contributed by atoms with van der Waals surface area (Å²) in [5.74, 6) is 0.891. The molecule has 0 radical (unpaired) electrons. The van der Waals surface area contributed by atoms with Crippen LogP contribution in [0.15, 0.2) is 36.5 Å². The Kier molecular flexibility index (Phi) is 6.39. The van der Waals surface area contributed by atoms with Crippen molar-refractivity contribution in [3.05, 3.63) is 47.8 Å². The van der Waals surface area contributed by atoms with E-state index in [0.29, 0.717) is 0 Å². The first-order valence-electron chi connectivity index (χ1n) is 6.18. The number of benzene rings is 1. The number of aromatic nitrogens is 2. The van der Waals surface area contributed by atoms with E-state index in [4.69, 9.17) is 4.74 Å². The third-order valence-corrected chi connectivity index (χ3v) is 2.90. The van der Waals surface area contributed by atoms with Crippen LogP contribution < -0.4 is 10.1 Å². The molecule has 0 aliphatic carbocycles. The van der Waals surface area contributed by atoms with E-state index in [1.54, 1.807) is 7.11 Å². The van der Waals surface area contributed by atoms with Gasteiger partial charge >= 0.3 is 0 Å². The van der Waals surface area contributed by atoms with Crippen LogP contribution in [0, 0.1) is 0 Å². The van der Waals surface area contributed by atoms with Gasteiger partial charge in [-0.3, -0.25) is 4.68 Å². The number of halogens is 1. The minimum Gasteiger partial charge on any atom is -0.497 e. The van der Waals surface area contributed by atoms with Crippen LogP contribution in [0.25, 0.3) is 0 Å². The fraction of sp³-hybridized carbons (Fsp3) is 0.357. The maximum atomic E-state index is 5.13. The first kappa shape index (κ1) is 15.5. The van der Waals surface area contributed by atoms with Crippen LogP contribution in [0.5, 0.6) is 5.75 Å². The highest BCUT2D eigenvalue weighted by molar-refractivity contribution is 5.85. The topological polar surface area (TPSA) is 39.1 Å². The number of aryl methyl sites for hydroxylation is 1. The van der Waals surface area contributed by atoms with Crippen LogP contribution in [0.3, 0.4) is 0 Å². The van der Waals surface area contributed by atoms with E-state index in [-0.39, 0.29) is 12.4 Å². The lowest BCUT2D eigenvalue weighted by Crippen LogP contribution is -2.16. The number of nitrogens with one attached hydrogen (secondary N) is 1. The van der Waals surface area contributed by atoms with Gasteiger partial charge in [0.15, 0.2) is 0 Å². The molecule has 1 N–H and O–H groups in total. The number of hydrogen-bond acceptors (Lipinski definition) is 3. The molecule has 0 saturated heterocycles. The van der Waals surface area contributed by atoms with Gasteiger partial charge in [-0.15, -0.1) is 12.4 Å². The van der Waals surface area contributed by atoms with Gasteiger partial charge in [0.05, 0.1) is 12.8 Å². The van der Waals surface area contributed by atoms with Gasteiger partial charge in [0.2, 0.25) is 0 Å². The van der Waals surface area contributed by atoms with E-state index in [9.17, 15) is 0 Å². The predicted molar refractivity (Wildman–Crippen MR) is 78.7 cm³/mol. The van der Waals surface area contributed by atoms with Crippen LogP contribution >= 0.6 is 12.4 Å². The molecule has 2 aromatic rings.